The van der Waals surface area contributed by atoms with E-state index in [0.717, 1.165) is 92.0 Å². The van der Waals surface area contributed by atoms with E-state index in [1.165, 1.54) is 22.5 Å². The predicted molar refractivity (Wildman–Crippen MR) is 254 cm³/mol. The summed E-state index contributed by atoms with van der Waals surface area (Å²) in [4.78, 5) is 31.5. The molecular formula is C52H59N9O6. The predicted octanol–water partition coefficient (Wildman–Crippen LogP) is 8.40. The SMILES string of the molecule is CC(C)(C)C1Cc2cc(NC(=O)C3(c4ccc5c(c4)OCO5)CC3)ccc2N1CCC#N.CC(C)(C)C1Cc2cc(NC(=O)C3(c4ccc5c(c4)OCO5)CC3)ccc2N1CCc1nn[nH]n1. The molecule has 5 aromatic rings. The number of tetrazole rings is 1. The third-order valence-electron chi connectivity index (χ3n) is 14.5. The Balaban J connectivity index is 0.000000157. The number of fused-ring (bicyclic) bond motifs is 4. The van der Waals surface area contributed by atoms with Gasteiger partial charge in [-0.05, 0) is 132 Å². The molecule has 2 atom stereocenters. The molecule has 4 aliphatic heterocycles. The standard InChI is InChI=1S/C26H30N6O3.C26H29N3O3/c1-25(2,3)22-13-16-12-18(5-6-19(16)32(22)11-8-23-28-30-31-29-23)27-24(33)26(9-10-26)17-4-7-20-21(14-17)35-15-34-20;1-25(2,3)23-14-17-13-19(6-7-20(17)29(23)12-4-11-27)28-24(30)26(9-10-26)18-5-8-21-22(15-18)32-16-31-21/h4-7,12,14,22H,8-11,13,15H2,1-3H3,(H,27,33)(H,28,29,30,31);5-8,13,15,23H,4,9-10,12,14,16H2,1-3H3,(H,28,30). The third kappa shape index (κ3) is 8.47. The summed E-state index contributed by atoms with van der Waals surface area (Å²) in [5.74, 6) is 3.68. The first-order valence-corrected chi connectivity index (χ1v) is 23.5. The number of aromatic amines is 1. The fourth-order valence-corrected chi connectivity index (χ4v) is 10.4. The van der Waals surface area contributed by atoms with E-state index < -0.39 is 10.8 Å². The fraction of sp³-hybridized carbons (Fsp3) is 0.462. The normalized spacial score (nSPS) is 19.7. The van der Waals surface area contributed by atoms with Crippen LogP contribution < -0.4 is 39.4 Å². The Labute approximate surface area is 391 Å². The number of carbonyl (C=O) groups is 2. The lowest BCUT2D eigenvalue weighted by atomic mass is 9.84. The number of aromatic nitrogens is 4. The first kappa shape index (κ1) is 44.0. The highest BCUT2D eigenvalue weighted by Gasteiger charge is 2.53. The first-order valence-electron chi connectivity index (χ1n) is 23.5. The van der Waals surface area contributed by atoms with Crippen LogP contribution in [0, 0.1) is 22.2 Å². The van der Waals surface area contributed by atoms with Crippen LogP contribution in [-0.4, -0.2) is 71.2 Å². The Morgan fingerprint density at radius 2 is 1.16 bits per heavy atom. The number of rotatable bonds is 11. The van der Waals surface area contributed by atoms with E-state index >= 15 is 0 Å². The van der Waals surface area contributed by atoms with Crippen molar-refractivity contribution in [3.63, 3.8) is 0 Å². The monoisotopic (exact) mass is 905 g/mol. The molecule has 0 saturated heterocycles. The number of H-pyrrole nitrogens is 1. The molecule has 2 unspecified atom stereocenters. The minimum atomic E-state index is -0.495. The molecule has 2 amide bonds. The molecule has 4 aromatic carbocycles. The van der Waals surface area contributed by atoms with Crippen molar-refractivity contribution in [2.75, 3.05) is 47.1 Å². The van der Waals surface area contributed by atoms with Gasteiger partial charge in [-0.15, -0.1) is 10.2 Å². The highest BCUT2D eigenvalue weighted by molar-refractivity contribution is 6.02. The largest absolute Gasteiger partial charge is 0.454 e. The second-order valence-electron chi connectivity index (χ2n) is 20.9. The van der Waals surface area contributed by atoms with Crippen LogP contribution in [0.25, 0.3) is 0 Å². The first-order chi connectivity index (χ1) is 32.1. The van der Waals surface area contributed by atoms with Gasteiger partial charge in [0.15, 0.2) is 28.8 Å². The number of hydrogen-bond donors (Lipinski definition) is 3. The van der Waals surface area contributed by atoms with Gasteiger partial charge in [0.05, 0.1) is 23.3 Å². The molecule has 3 N–H and O–H groups in total. The van der Waals surface area contributed by atoms with Crippen LogP contribution in [0.15, 0.2) is 72.8 Å². The summed E-state index contributed by atoms with van der Waals surface area (Å²) >= 11 is 0. The zero-order valence-corrected chi connectivity index (χ0v) is 39.2. The number of anilines is 4. The van der Waals surface area contributed by atoms with Crippen LogP contribution >= 0.6 is 0 Å². The molecule has 67 heavy (non-hydrogen) atoms. The van der Waals surface area contributed by atoms with Gasteiger partial charge in [-0.1, -0.05) is 58.9 Å². The summed E-state index contributed by atoms with van der Waals surface area (Å²) in [5, 5.41) is 29.9. The minimum absolute atomic E-state index is 0.0306. The maximum atomic E-state index is 13.4. The molecule has 0 spiro atoms. The van der Waals surface area contributed by atoms with Gasteiger partial charge in [0, 0.05) is 54.3 Å². The number of nitriles is 1. The van der Waals surface area contributed by atoms with Crippen molar-refractivity contribution in [2.24, 2.45) is 10.8 Å². The van der Waals surface area contributed by atoms with E-state index in [4.69, 9.17) is 24.2 Å². The van der Waals surface area contributed by atoms with Crippen molar-refractivity contribution >= 4 is 34.6 Å². The lowest BCUT2D eigenvalue weighted by Crippen LogP contribution is -2.43. The summed E-state index contributed by atoms with van der Waals surface area (Å²) in [7, 11) is 0. The van der Waals surface area contributed by atoms with E-state index in [0.29, 0.717) is 35.8 Å². The number of amides is 2. The van der Waals surface area contributed by atoms with Crippen LogP contribution in [0.4, 0.5) is 22.7 Å². The van der Waals surface area contributed by atoms with Gasteiger partial charge in [0.25, 0.3) is 0 Å². The summed E-state index contributed by atoms with van der Waals surface area (Å²) in [6.45, 7) is 15.6. The van der Waals surface area contributed by atoms with Crippen LogP contribution in [0.1, 0.15) is 102 Å². The van der Waals surface area contributed by atoms with Gasteiger partial charge < -0.3 is 39.4 Å². The summed E-state index contributed by atoms with van der Waals surface area (Å²) in [6, 6.07) is 27.1. The van der Waals surface area contributed by atoms with Crippen LogP contribution in [0.2, 0.25) is 0 Å². The van der Waals surface area contributed by atoms with Gasteiger partial charge >= 0.3 is 0 Å². The van der Waals surface area contributed by atoms with Gasteiger partial charge in [0.1, 0.15) is 0 Å². The van der Waals surface area contributed by atoms with E-state index in [2.05, 4.69) is 113 Å². The molecule has 2 aliphatic carbocycles. The Morgan fingerprint density at radius 1 is 0.687 bits per heavy atom. The summed E-state index contributed by atoms with van der Waals surface area (Å²) in [6.07, 6.45) is 6.40. The number of carbonyl (C=O) groups excluding carboxylic acids is 2. The molecule has 1 aromatic heterocycles. The fourth-order valence-electron chi connectivity index (χ4n) is 10.4. The third-order valence-corrected chi connectivity index (χ3v) is 14.5. The Kier molecular flexibility index (Phi) is 11.0. The van der Waals surface area contributed by atoms with Gasteiger partial charge in [-0.25, -0.2) is 0 Å². The molecule has 11 rings (SSSR count). The number of hydrogen-bond acceptors (Lipinski definition) is 12. The smallest absolute Gasteiger partial charge is 0.235 e. The molecule has 5 heterocycles. The number of ether oxygens (including phenoxy) is 4. The zero-order chi connectivity index (χ0) is 46.7. The molecule has 15 heteroatoms. The Bertz CT molecular complexity index is 2740. The van der Waals surface area contributed by atoms with E-state index in [-0.39, 0.29) is 36.2 Å². The van der Waals surface area contributed by atoms with Crippen molar-refractivity contribution in [3.8, 4) is 29.1 Å². The van der Waals surface area contributed by atoms with Gasteiger partial charge in [-0.3, -0.25) is 9.59 Å². The maximum absolute atomic E-state index is 13.4. The highest BCUT2D eigenvalue weighted by atomic mass is 16.7. The van der Waals surface area contributed by atoms with Crippen molar-refractivity contribution < 1.29 is 28.5 Å². The quantitative estimate of drug-likeness (QED) is 0.115. The molecule has 2 saturated carbocycles. The molecular weight excluding hydrogens is 847 g/mol. The van der Waals surface area contributed by atoms with Crippen LogP contribution in [0.5, 0.6) is 23.0 Å². The second-order valence-corrected chi connectivity index (χ2v) is 20.9. The second kappa shape index (κ2) is 16.8. The molecule has 2 fully saturated rings. The Morgan fingerprint density at radius 3 is 1.60 bits per heavy atom. The van der Waals surface area contributed by atoms with Crippen LogP contribution in [0.3, 0.4) is 0 Å². The van der Waals surface area contributed by atoms with Gasteiger partial charge in [-0.2, -0.15) is 10.5 Å². The molecule has 0 radical (unpaired) electrons. The zero-order valence-electron chi connectivity index (χ0n) is 39.2. The van der Waals surface area contributed by atoms with Crippen molar-refractivity contribution in [1.29, 1.82) is 5.26 Å². The number of nitrogens with zero attached hydrogens (tertiary/aromatic N) is 6. The molecule has 6 aliphatic rings. The van der Waals surface area contributed by atoms with E-state index in [1.807, 2.05) is 48.5 Å². The van der Waals surface area contributed by atoms with Crippen LogP contribution in [-0.2, 0) is 39.7 Å². The number of benzene rings is 4. The lowest BCUT2D eigenvalue weighted by molar-refractivity contribution is -0.119. The minimum Gasteiger partial charge on any atom is -0.454 e. The maximum Gasteiger partial charge on any atom is 0.235 e. The molecule has 0 bridgehead atoms. The van der Waals surface area contributed by atoms with Crippen molar-refractivity contribution in [3.05, 3.63) is 101 Å². The summed E-state index contributed by atoms with van der Waals surface area (Å²) < 4.78 is 21.9. The molecule has 15 nitrogen and oxygen atoms in total. The van der Waals surface area contributed by atoms with Gasteiger partial charge in [0.2, 0.25) is 25.4 Å². The average molecular weight is 906 g/mol. The Hall–Kier alpha value is -6.82. The van der Waals surface area contributed by atoms with Crippen molar-refractivity contribution in [1.82, 2.24) is 20.6 Å². The van der Waals surface area contributed by atoms with Crippen molar-refractivity contribution in [2.45, 2.75) is 116 Å². The average Bonchev–Trinajstić information content (AvgIpc) is 3.83. The van der Waals surface area contributed by atoms with E-state index in [9.17, 15) is 9.59 Å². The lowest BCUT2D eigenvalue weighted by Gasteiger charge is -2.36. The van der Waals surface area contributed by atoms with E-state index in [1.54, 1.807) is 0 Å². The summed E-state index contributed by atoms with van der Waals surface area (Å²) in [5.41, 5.74) is 7.71. The highest BCUT2D eigenvalue weighted by Crippen LogP contribution is 2.53. The molecule has 348 valence electrons. The number of nitrogens with one attached hydrogen (secondary N) is 3. The topological polar surface area (TPSA) is 180 Å².